The van der Waals surface area contributed by atoms with E-state index in [0.717, 1.165) is 60.2 Å². The van der Waals surface area contributed by atoms with Gasteiger partial charge in [0.2, 0.25) is 5.91 Å². The standard InChI is InChI=1S/C36H54N4O21S/c1-19(41)52-16-26-29(54-21(3)43)31(55-22(4)44)33(57-24(6)46)35(59-26)61-30-27(17-53-20(2)42)60-36(34(58-25(7)47)32(30)56-23(5)45)62-15-9-38-28(48)18-51-14-13-50-12-11-49-10-8-39-40-37/h26-27,29-36H,8-18H2,1-7H3,(H,38,48)/t26?,27?,29-,30+,31?,32?,33?,34?,35-,36-/m0/s1. The molecule has 1 N–H and O–H groups in total. The van der Waals surface area contributed by atoms with Gasteiger partial charge in [-0.15, -0.1) is 11.8 Å². The van der Waals surface area contributed by atoms with Gasteiger partial charge in [-0.25, -0.2) is 0 Å². The van der Waals surface area contributed by atoms with Crippen LogP contribution in [0.25, 0.3) is 10.4 Å². The van der Waals surface area contributed by atoms with Gasteiger partial charge in [-0.05, 0) is 5.53 Å². The first-order valence-corrected chi connectivity index (χ1v) is 20.2. The zero-order valence-electron chi connectivity index (χ0n) is 35.4. The smallest absolute Gasteiger partial charge is 0.303 e. The summed E-state index contributed by atoms with van der Waals surface area (Å²) in [4.78, 5) is 101. The van der Waals surface area contributed by atoms with E-state index >= 15 is 0 Å². The summed E-state index contributed by atoms with van der Waals surface area (Å²) in [6.07, 6.45) is -14.1. The number of carbonyl (C=O) groups is 8. The summed E-state index contributed by atoms with van der Waals surface area (Å²) in [6.45, 7) is 7.39. The number of nitrogens with zero attached hydrogens (tertiary/aromatic N) is 3. The lowest BCUT2D eigenvalue weighted by Crippen LogP contribution is -2.66. The Hall–Kier alpha value is -4.82. The predicted octanol–water partition coefficient (Wildman–Crippen LogP) is -0.184. The van der Waals surface area contributed by atoms with Gasteiger partial charge < -0.3 is 66.9 Å². The van der Waals surface area contributed by atoms with E-state index in [2.05, 4.69) is 15.3 Å². The molecule has 0 saturated carbocycles. The lowest BCUT2D eigenvalue weighted by atomic mass is 9.96. The third kappa shape index (κ3) is 20.4. The fourth-order valence-corrected chi connectivity index (χ4v) is 6.85. The van der Waals surface area contributed by atoms with Crippen molar-refractivity contribution in [2.45, 2.75) is 109 Å². The molecule has 62 heavy (non-hydrogen) atoms. The molecule has 0 aliphatic carbocycles. The van der Waals surface area contributed by atoms with Gasteiger partial charge in [0.15, 0.2) is 36.8 Å². The van der Waals surface area contributed by atoms with Gasteiger partial charge in [0.05, 0.1) is 33.0 Å². The van der Waals surface area contributed by atoms with Crippen LogP contribution >= 0.6 is 11.8 Å². The number of esters is 7. The monoisotopic (exact) mass is 910 g/mol. The maximum atomic E-state index is 12.7. The summed E-state index contributed by atoms with van der Waals surface area (Å²) in [5.41, 5.74) is 7.08. The Balaban J connectivity index is 2.33. The second-order valence-corrected chi connectivity index (χ2v) is 14.3. The Morgan fingerprint density at radius 2 is 1.05 bits per heavy atom. The summed E-state index contributed by atoms with van der Waals surface area (Å²) in [7, 11) is 0. The molecule has 0 aromatic rings. The largest absolute Gasteiger partial charge is 0.463 e. The zero-order valence-corrected chi connectivity index (χ0v) is 36.2. The van der Waals surface area contributed by atoms with Crippen molar-refractivity contribution in [3.63, 3.8) is 0 Å². The molecule has 10 atom stereocenters. The number of nitrogens with one attached hydrogen (secondary N) is 1. The molecule has 2 fully saturated rings. The van der Waals surface area contributed by atoms with Crippen molar-refractivity contribution in [3.05, 3.63) is 10.4 Å². The van der Waals surface area contributed by atoms with Crippen LogP contribution in [0.4, 0.5) is 0 Å². The molecular formula is C36H54N4O21S. The van der Waals surface area contributed by atoms with Gasteiger partial charge >= 0.3 is 41.8 Å². The number of thioether (sulfide) groups is 1. The molecule has 0 spiro atoms. The van der Waals surface area contributed by atoms with E-state index in [1.807, 2.05) is 0 Å². The fourth-order valence-electron chi connectivity index (χ4n) is 5.78. The van der Waals surface area contributed by atoms with Crippen LogP contribution in [-0.2, 0) is 99.9 Å². The first-order valence-electron chi connectivity index (χ1n) is 19.1. The summed E-state index contributed by atoms with van der Waals surface area (Å²) in [5.74, 6) is -6.28. The van der Waals surface area contributed by atoms with Crippen LogP contribution in [0.15, 0.2) is 5.11 Å². The number of amides is 1. The zero-order chi connectivity index (χ0) is 46.2. The van der Waals surface area contributed by atoms with Crippen LogP contribution in [-0.4, -0.2) is 180 Å². The molecule has 1 amide bonds. The average molecular weight is 911 g/mol. The fraction of sp³-hybridized carbons (Fsp3) is 0.778. The van der Waals surface area contributed by atoms with Crippen LogP contribution in [0.3, 0.4) is 0 Å². The number of carbonyl (C=O) groups excluding carboxylic acids is 8. The number of rotatable bonds is 26. The van der Waals surface area contributed by atoms with E-state index in [0.29, 0.717) is 0 Å². The van der Waals surface area contributed by atoms with Crippen molar-refractivity contribution in [2.75, 3.05) is 71.7 Å². The minimum absolute atomic E-state index is 0.0563. The number of hydrogen-bond acceptors (Lipinski definition) is 23. The minimum atomic E-state index is -1.82. The normalized spacial score (nSPS) is 25.5. The Bertz CT molecular complexity index is 1570. The van der Waals surface area contributed by atoms with Crippen molar-refractivity contribution >= 4 is 59.5 Å². The first kappa shape index (κ1) is 53.3. The van der Waals surface area contributed by atoms with Gasteiger partial charge in [0.25, 0.3) is 0 Å². The summed E-state index contributed by atoms with van der Waals surface area (Å²) < 4.78 is 72.7. The SMILES string of the molecule is CC(=O)OCC1O[C@@H](SCCNC(=O)COCCOCCOCCN=[N+]=[N-])C(OC(C)=O)C(OC(C)=O)[C@@H]1O[C@@H]1OC(COC(C)=O)[C@H](OC(C)=O)C(OC(C)=O)C1OC(C)=O. The highest BCUT2D eigenvalue weighted by Crippen LogP contribution is 2.37. The van der Waals surface area contributed by atoms with Crippen LogP contribution in [0, 0.1) is 0 Å². The van der Waals surface area contributed by atoms with Crippen LogP contribution in [0.1, 0.15) is 48.5 Å². The molecule has 350 valence electrons. The quantitative estimate of drug-likeness (QED) is 0.0294. The lowest BCUT2D eigenvalue weighted by molar-refractivity contribution is -0.341. The third-order valence-corrected chi connectivity index (χ3v) is 9.12. The molecule has 26 heteroatoms. The number of ether oxygens (including phenoxy) is 13. The van der Waals surface area contributed by atoms with Crippen molar-refractivity contribution in [3.8, 4) is 0 Å². The summed E-state index contributed by atoms with van der Waals surface area (Å²) in [5, 5.41) is 6.01. The summed E-state index contributed by atoms with van der Waals surface area (Å²) in [6, 6.07) is 0. The molecule has 6 unspecified atom stereocenters. The minimum Gasteiger partial charge on any atom is -0.463 e. The maximum Gasteiger partial charge on any atom is 0.303 e. The average Bonchev–Trinajstić information content (AvgIpc) is 3.17. The highest BCUT2D eigenvalue weighted by atomic mass is 32.2. The Labute approximate surface area is 360 Å². The van der Waals surface area contributed by atoms with Gasteiger partial charge in [0, 0.05) is 72.2 Å². The topological polar surface area (TPSA) is 317 Å². The number of hydrogen-bond donors (Lipinski definition) is 1. The predicted molar refractivity (Wildman–Crippen MR) is 205 cm³/mol. The van der Waals surface area contributed by atoms with Gasteiger partial charge in [-0.3, -0.25) is 38.4 Å². The van der Waals surface area contributed by atoms with E-state index in [1.165, 1.54) is 0 Å². The molecule has 0 aromatic carbocycles. The second kappa shape index (κ2) is 28.7. The van der Waals surface area contributed by atoms with E-state index in [4.69, 9.17) is 67.1 Å². The Morgan fingerprint density at radius 1 is 0.581 bits per heavy atom. The molecule has 25 nitrogen and oxygen atoms in total. The van der Waals surface area contributed by atoms with Gasteiger partial charge in [-0.1, -0.05) is 5.11 Å². The lowest BCUT2D eigenvalue weighted by Gasteiger charge is -2.48. The van der Waals surface area contributed by atoms with Gasteiger partial charge in [0.1, 0.15) is 43.6 Å². The highest BCUT2D eigenvalue weighted by molar-refractivity contribution is 7.99. The third-order valence-electron chi connectivity index (χ3n) is 7.97. The van der Waals surface area contributed by atoms with Crippen molar-refractivity contribution in [1.82, 2.24) is 5.32 Å². The molecule has 2 rings (SSSR count). The Kier molecular flexibility index (Phi) is 24.7. The van der Waals surface area contributed by atoms with E-state index in [1.54, 1.807) is 0 Å². The second-order valence-electron chi connectivity index (χ2n) is 13.1. The van der Waals surface area contributed by atoms with Gasteiger partial charge in [-0.2, -0.15) is 0 Å². The van der Waals surface area contributed by atoms with Crippen LogP contribution < -0.4 is 5.32 Å². The molecule has 2 heterocycles. The molecular weight excluding hydrogens is 856 g/mol. The Morgan fingerprint density at radius 3 is 1.58 bits per heavy atom. The number of azide groups is 1. The maximum absolute atomic E-state index is 12.7. The molecule has 2 aliphatic heterocycles. The highest BCUT2D eigenvalue weighted by Gasteiger charge is 2.57. The van der Waals surface area contributed by atoms with Crippen molar-refractivity contribution < 1.29 is 99.9 Å². The van der Waals surface area contributed by atoms with E-state index < -0.39 is 121 Å². The van der Waals surface area contributed by atoms with Crippen molar-refractivity contribution in [2.24, 2.45) is 5.11 Å². The van der Waals surface area contributed by atoms with Crippen LogP contribution in [0.5, 0.6) is 0 Å². The molecule has 2 saturated heterocycles. The molecule has 0 bridgehead atoms. The molecule has 2 aliphatic rings. The van der Waals surface area contributed by atoms with Crippen LogP contribution in [0.2, 0.25) is 0 Å². The molecule has 0 radical (unpaired) electrons. The van der Waals surface area contributed by atoms with E-state index in [9.17, 15) is 38.4 Å². The first-order chi connectivity index (χ1) is 29.4. The van der Waals surface area contributed by atoms with E-state index in [-0.39, 0.29) is 58.5 Å². The molecule has 0 aromatic heterocycles. The summed E-state index contributed by atoms with van der Waals surface area (Å²) >= 11 is 1.03. The van der Waals surface area contributed by atoms with Crippen molar-refractivity contribution in [1.29, 1.82) is 0 Å².